The molecule has 4 aliphatic carbocycles. The van der Waals surface area contributed by atoms with Gasteiger partial charge < -0.3 is 54.3 Å². The van der Waals surface area contributed by atoms with Crippen LogP contribution in [0.25, 0.3) is 0 Å². The van der Waals surface area contributed by atoms with Crippen LogP contribution in [0.2, 0.25) is 0 Å². The molecular weight excluding hydrogens is 612 g/mol. The molecule has 0 radical (unpaired) electrons. The number of fused-ring (bicyclic) bond motifs is 5. The fraction of sp³-hybridized carbons (Fsp3) is 0.914. The first-order valence-electron chi connectivity index (χ1n) is 17.8. The van der Waals surface area contributed by atoms with Crippen LogP contribution in [0, 0.1) is 34.5 Å². The standard InChI is InChI=1S/C35H54O12/c1-17-28(39)24(37)14-27(44-17)47-31-25(15-36)46-32(30(41)29(31)40)45-20-6-9-33(2)19(13-20)4-5-23-22(33)7-10-34(3)21(8-11-35(23,34)42)18-12-26(38)43-16-18/h12,17,19-25,27-32,36-37,39-42H,4-11,13-16H2,1-3H3/t17-,19-,20+,21-,22+,23-,24+,25-,27+,28-,29-,30-,31-,32-,33+,34-,35+/m1/s1. The molecule has 4 saturated carbocycles. The van der Waals surface area contributed by atoms with E-state index in [4.69, 9.17) is 23.7 Å². The number of hydrogen-bond donors (Lipinski definition) is 6. The molecule has 3 heterocycles. The van der Waals surface area contributed by atoms with E-state index in [1.165, 1.54) is 0 Å². The fourth-order valence-electron chi connectivity index (χ4n) is 11.3. The van der Waals surface area contributed by atoms with Gasteiger partial charge in [-0.2, -0.15) is 0 Å². The van der Waals surface area contributed by atoms with Crippen LogP contribution < -0.4 is 0 Å². The number of carbonyl (C=O) groups is 1. The molecule has 47 heavy (non-hydrogen) atoms. The lowest BCUT2D eigenvalue weighted by molar-refractivity contribution is -0.348. The van der Waals surface area contributed by atoms with Gasteiger partial charge in [0.05, 0.1) is 30.5 Å². The Bertz CT molecular complexity index is 1200. The second kappa shape index (κ2) is 12.5. The maximum Gasteiger partial charge on any atom is 0.331 e. The Morgan fingerprint density at radius 1 is 0.894 bits per heavy atom. The minimum Gasteiger partial charge on any atom is -0.458 e. The molecule has 12 heteroatoms. The molecule has 3 aliphatic heterocycles. The van der Waals surface area contributed by atoms with E-state index in [1.807, 2.05) is 0 Å². The molecule has 0 amide bonds. The lowest BCUT2D eigenvalue weighted by Gasteiger charge is -2.64. The zero-order chi connectivity index (χ0) is 33.5. The van der Waals surface area contributed by atoms with E-state index >= 15 is 0 Å². The van der Waals surface area contributed by atoms with Crippen molar-refractivity contribution >= 4 is 5.97 Å². The van der Waals surface area contributed by atoms with Crippen molar-refractivity contribution in [3.63, 3.8) is 0 Å². The molecule has 0 aromatic rings. The predicted octanol–water partition coefficient (Wildman–Crippen LogP) is 1.31. The Morgan fingerprint density at radius 2 is 1.68 bits per heavy atom. The van der Waals surface area contributed by atoms with Gasteiger partial charge in [-0.05, 0) is 99.4 Å². The minimum absolute atomic E-state index is 0.0295. The van der Waals surface area contributed by atoms with E-state index in [0.29, 0.717) is 18.4 Å². The van der Waals surface area contributed by atoms with Crippen molar-refractivity contribution in [2.75, 3.05) is 13.2 Å². The van der Waals surface area contributed by atoms with Gasteiger partial charge in [0.15, 0.2) is 12.6 Å². The third-order valence-corrected chi connectivity index (χ3v) is 14.1. The maximum atomic E-state index is 12.5. The molecule has 12 nitrogen and oxygen atoms in total. The monoisotopic (exact) mass is 666 g/mol. The number of hydrogen-bond acceptors (Lipinski definition) is 12. The molecule has 0 aromatic carbocycles. The summed E-state index contributed by atoms with van der Waals surface area (Å²) >= 11 is 0. The third-order valence-electron chi connectivity index (χ3n) is 14.1. The van der Waals surface area contributed by atoms with E-state index in [2.05, 4.69) is 13.8 Å². The summed E-state index contributed by atoms with van der Waals surface area (Å²) in [4.78, 5) is 11.9. The first-order chi connectivity index (χ1) is 22.3. The predicted molar refractivity (Wildman–Crippen MR) is 164 cm³/mol. The molecule has 7 rings (SSSR count). The highest BCUT2D eigenvalue weighted by Crippen LogP contribution is 2.70. The molecule has 0 bridgehead atoms. The van der Waals surface area contributed by atoms with E-state index in [9.17, 15) is 35.4 Å². The largest absolute Gasteiger partial charge is 0.458 e. The van der Waals surface area contributed by atoms with Crippen molar-refractivity contribution in [3.8, 4) is 0 Å². The van der Waals surface area contributed by atoms with E-state index < -0.39 is 67.5 Å². The lowest BCUT2D eigenvalue weighted by Crippen LogP contribution is -2.63. The first kappa shape index (κ1) is 34.3. The Hall–Kier alpha value is -1.19. The van der Waals surface area contributed by atoms with Crippen molar-refractivity contribution < 1.29 is 59.1 Å². The number of cyclic esters (lactones) is 1. The van der Waals surface area contributed by atoms with E-state index in [1.54, 1.807) is 13.0 Å². The molecule has 0 spiro atoms. The highest BCUT2D eigenvalue weighted by Gasteiger charge is 2.68. The Kier molecular flexibility index (Phi) is 9.14. The van der Waals surface area contributed by atoms with Gasteiger partial charge in [-0.3, -0.25) is 0 Å². The Labute approximate surface area is 276 Å². The minimum atomic E-state index is -1.43. The van der Waals surface area contributed by atoms with Gasteiger partial charge in [0.1, 0.15) is 37.1 Å². The number of rotatable bonds is 6. The second-order valence-corrected chi connectivity index (χ2v) is 16.2. The number of carbonyl (C=O) groups excluding carboxylic acids is 1. The van der Waals surface area contributed by atoms with Crippen molar-refractivity contribution in [1.82, 2.24) is 0 Å². The van der Waals surface area contributed by atoms with E-state index in [-0.39, 0.29) is 41.2 Å². The Morgan fingerprint density at radius 3 is 2.38 bits per heavy atom. The zero-order valence-electron chi connectivity index (χ0n) is 27.8. The molecule has 0 unspecified atom stereocenters. The summed E-state index contributed by atoms with van der Waals surface area (Å²) in [6.07, 6.45) is -0.579. The highest BCUT2D eigenvalue weighted by molar-refractivity contribution is 5.85. The maximum absolute atomic E-state index is 12.5. The SMILES string of the molecule is C[C@H]1O[C@@H](O[C@H]2[C@H](O)[C@@H](O)[C@H](O[C@H]3CC[C@@]4(C)[C@H](CC[C@@H]5[C@@H]4CC[C@]4(C)[C@@H](C6=CC(=O)OC6)CC[C@]54O)C3)O[C@@H]2CO)C[C@H](O)[C@@H]1O. The molecule has 17 atom stereocenters. The summed E-state index contributed by atoms with van der Waals surface area (Å²) < 4.78 is 29.1. The summed E-state index contributed by atoms with van der Waals surface area (Å²) in [7, 11) is 0. The van der Waals surface area contributed by atoms with Crippen LogP contribution in [0.4, 0.5) is 0 Å². The van der Waals surface area contributed by atoms with Crippen LogP contribution in [0.15, 0.2) is 11.6 Å². The Balaban J connectivity index is 0.988. The summed E-state index contributed by atoms with van der Waals surface area (Å²) in [6, 6.07) is 0. The number of ether oxygens (including phenoxy) is 5. The summed E-state index contributed by atoms with van der Waals surface area (Å²) in [5, 5.41) is 64.9. The van der Waals surface area contributed by atoms with Crippen LogP contribution in [-0.2, 0) is 28.5 Å². The van der Waals surface area contributed by atoms with Gasteiger partial charge in [-0.15, -0.1) is 0 Å². The van der Waals surface area contributed by atoms with Crippen LogP contribution in [0.5, 0.6) is 0 Å². The van der Waals surface area contributed by atoms with Crippen molar-refractivity contribution in [3.05, 3.63) is 11.6 Å². The topological polar surface area (TPSA) is 185 Å². The third kappa shape index (κ3) is 5.53. The summed E-state index contributed by atoms with van der Waals surface area (Å²) in [6.45, 7) is 6.09. The van der Waals surface area contributed by atoms with Crippen LogP contribution >= 0.6 is 0 Å². The molecular formula is C35H54O12. The summed E-state index contributed by atoms with van der Waals surface area (Å²) in [5.41, 5.74) is 0.0246. The number of aliphatic hydroxyl groups excluding tert-OH is 5. The molecule has 0 aromatic heterocycles. The molecule has 6 fully saturated rings. The lowest BCUT2D eigenvalue weighted by atomic mass is 9.43. The van der Waals surface area contributed by atoms with Gasteiger partial charge >= 0.3 is 5.97 Å². The van der Waals surface area contributed by atoms with Crippen LogP contribution in [-0.4, -0.2) is 117 Å². The average Bonchev–Trinajstić information content (AvgIpc) is 3.59. The van der Waals surface area contributed by atoms with Crippen molar-refractivity contribution in [2.45, 2.75) is 152 Å². The highest BCUT2D eigenvalue weighted by atomic mass is 16.7. The molecule has 2 saturated heterocycles. The smallest absolute Gasteiger partial charge is 0.331 e. The average molecular weight is 667 g/mol. The first-order valence-corrected chi connectivity index (χ1v) is 17.8. The second-order valence-electron chi connectivity index (χ2n) is 16.2. The van der Waals surface area contributed by atoms with Crippen LogP contribution in [0.1, 0.15) is 85.0 Å². The quantitative estimate of drug-likeness (QED) is 0.177. The number of esters is 1. The fourth-order valence-corrected chi connectivity index (χ4v) is 11.3. The normalized spacial score (nSPS) is 54.7. The van der Waals surface area contributed by atoms with Gasteiger partial charge in [-0.1, -0.05) is 13.8 Å². The van der Waals surface area contributed by atoms with Gasteiger partial charge in [0.25, 0.3) is 0 Å². The van der Waals surface area contributed by atoms with Gasteiger partial charge in [0.2, 0.25) is 0 Å². The van der Waals surface area contributed by atoms with Crippen LogP contribution in [0.3, 0.4) is 0 Å². The molecule has 7 aliphatic rings. The van der Waals surface area contributed by atoms with Gasteiger partial charge in [-0.25, -0.2) is 4.79 Å². The van der Waals surface area contributed by atoms with Gasteiger partial charge in [0, 0.05) is 17.9 Å². The van der Waals surface area contributed by atoms with Crippen molar-refractivity contribution in [2.24, 2.45) is 34.5 Å². The molecule has 6 N–H and O–H groups in total. The zero-order valence-corrected chi connectivity index (χ0v) is 27.8. The molecule has 266 valence electrons. The summed E-state index contributed by atoms with van der Waals surface area (Å²) in [5.74, 6) is 0.849. The van der Waals surface area contributed by atoms with Crippen molar-refractivity contribution in [1.29, 1.82) is 0 Å². The van der Waals surface area contributed by atoms with E-state index in [0.717, 1.165) is 63.4 Å². The number of aliphatic hydroxyl groups is 6.